The van der Waals surface area contributed by atoms with Gasteiger partial charge in [0.25, 0.3) is 0 Å². The molecule has 110 valence electrons. The number of unbranched alkanes of at least 4 members (excludes halogenated alkanes) is 1. The molecule has 4 N–H and O–H groups in total. The maximum Gasteiger partial charge on any atom is 0.0611 e. The van der Waals surface area contributed by atoms with E-state index >= 15 is 0 Å². The van der Waals surface area contributed by atoms with Crippen molar-refractivity contribution in [3.05, 3.63) is 0 Å². The highest BCUT2D eigenvalue weighted by Gasteiger charge is 2.45. The molecule has 0 aromatic rings. The minimum absolute atomic E-state index is 0.196. The Kier molecular flexibility index (Phi) is 7.32. The van der Waals surface area contributed by atoms with Crippen LogP contribution in [0.25, 0.3) is 0 Å². The minimum atomic E-state index is -0.196. The zero-order chi connectivity index (χ0) is 14.4. The van der Waals surface area contributed by atoms with Crippen LogP contribution in [-0.2, 0) is 4.74 Å². The number of piperidine rings is 1. The molecule has 1 heterocycles. The fourth-order valence-corrected chi connectivity index (χ4v) is 2.69. The van der Waals surface area contributed by atoms with Gasteiger partial charge in [0.1, 0.15) is 0 Å². The first-order valence-corrected chi connectivity index (χ1v) is 6.66. The van der Waals surface area contributed by atoms with Gasteiger partial charge < -0.3 is 15.2 Å². The second-order valence-corrected chi connectivity index (χ2v) is 6.19. The summed E-state index contributed by atoms with van der Waals surface area (Å²) >= 11 is 0. The molecule has 5 heteroatoms. The average Bonchev–Trinajstić information content (AvgIpc) is 2.28. The van der Waals surface area contributed by atoms with E-state index in [4.69, 9.17) is 9.94 Å². The van der Waals surface area contributed by atoms with Crippen molar-refractivity contribution in [1.29, 1.82) is 0 Å². The van der Waals surface area contributed by atoms with Gasteiger partial charge in [-0.2, -0.15) is 5.06 Å². The standard InChI is InChI=1S/C13H27NO2.H3NO/c1-6-7-8-16-11-9-12(2,3)14(15)13(4,5)10-11;1-2/h11,15H,6-10H2,1-5H3;2H,1H2. The molecular formula is C13H30N2O3. The molecule has 1 aliphatic heterocycles. The summed E-state index contributed by atoms with van der Waals surface area (Å²) in [6, 6.07) is 0. The summed E-state index contributed by atoms with van der Waals surface area (Å²) in [4.78, 5) is 0. The third kappa shape index (κ3) is 4.82. The van der Waals surface area contributed by atoms with Crippen molar-refractivity contribution >= 4 is 0 Å². The quantitative estimate of drug-likeness (QED) is 0.536. The van der Waals surface area contributed by atoms with E-state index in [1.165, 1.54) is 11.5 Å². The fourth-order valence-electron chi connectivity index (χ4n) is 2.69. The van der Waals surface area contributed by atoms with Crippen LogP contribution in [0.2, 0.25) is 0 Å². The molecule has 0 atom stereocenters. The van der Waals surface area contributed by atoms with Crippen LogP contribution in [0, 0.1) is 0 Å². The summed E-state index contributed by atoms with van der Waals surface area (Å²) in [7, 11) is 0. The lowest BCUT2D eigenvalue weighted by Crippen LogP contribution is -2.60. The molecule has 1 saturated heterocycles. The van der Waals surface area contributed by atoms with E-state index in [0.29, 0.717) is 0 Å². The Hall–Kier alpha value is -0.200. The van der Waals surface area contributed by atoms with Gasteiger partial charge >= 0.3 is 0 Å². The van der Waals surface area contributed by atoms with Gasteiger partial charge in [0.2, 0.25) is 0 Å². The number of ether oxygens (including phenoxy) is 1. The summed E-state index contributed by atoms with van der Waals surface area (Å²) < 4.78 is 5.91. The van der Waals surface area contributed by atoms with Gasteiger partial charge in [0, 0.05) is 17.7 Å². The topological polar surface area (TPSA) is 79.0 Å². The molecule has 0 aromatic heterocycles. The van der Waals surface area contributed by atoms with Gasteiger partial charge in [0.05, 0.1) is 6.10 Å². The molecule has 0 spiro atoms. The zero-order valence-corrected chi connectivity index (χ0v) is 12.4. The highest BCUT2D eigenvalue weighted by Crippen LogP contribution is 2.37. The third-order valence-electron chi connectivity index (χ3n) is 3.45. The Morgan fingerprint density at radius 2 is 1.61 bits per heavy atom. The van der Waals surface area contributed by atoms with Crippen molar-refractivity contribution in [1.82, 2.24) is 5.06 Å². The van der Waals surface area contributed by atoms with E-state index in [2.05, 4.69) is 40.5 Å². The fraction of sp³-hybridized carbons (Fsp3) is 1.00. The number of hydrogen-bond acceptors (Lipinski definition) is 5. The number of nitrogens with zero attached hydrogens (tertiary/aromatic N) is 1. The van der Waals surface area contributed by atoms with Crippen LogP contribution in [0.4, 0.5) is 0 Å². The summed E-state index contributed by atoms with van der Waals surface area (Å²) in [6.45, 7) is 11.3. The maximum atomic E-state index is 10.1. The van der Waals surface area contributed by atoms with Crippen molar-refractivity contribution in [2.24, 2.45) is 5.90 Å². The molecule has 0 aromatic carbocycles. The lowest BCUT2D eigenvalue weighted by Gasteiger charge is -2.51. The monoisotopic (exact) mass is 262 g/mol. The number of hydroxylamine groups is 2. The lowest BCUT2D eigenvalue weighted by atomic mass is 9.80. The summed E-state index contributed by atoms with van der Waals surface area (Å²) in [5.41, 5.74) is -0.392. The molecule has 0 unspecified atom stereocenters. The Bertz CT molecular complexity index is 214. The first-order chi connectivity index (χ1) is 8.29. The predicted molar refractivity (Wildman–Crippen MR) is 71.6 cm³/mol. The largest absolute Gasteiger partial charge is 0.378 e. The molecule has 1 fully saturated rings. The molecule has 0 aliphatic carbocycles. The van der Waals surface area contributed by atoms with Crippen molar-refractivity contribution in [3.63, 3.8) is 0 Å². The van der Waals surface area contributed by atoms with Crippen molar-refractivity contribution < 1.29 is 15.2 Å². The van der Waals surface area contributed by atoms with Crippen LogP contribution in [0.5, 0.6) is 0 Å². The smallest absolute Gasteiger partial charge is 0.0611 e. The second kappa shape index (κ2) is 7.40. The molecule has 1 aliphatic rings. The van der Waals surface area contributed by atoms with Gasteiger partial charge in [-0.3, -0.25) is 0 Å². The van der Waals surface area contributed by atoms with E-state index in [0.717, 1.165) is 25.9 Å². The third-order valence-corrected chi connectivity index (χ3v) is 3.45. The molecule has 0 bridgehead atoms. The first-order valence-electron chi connectivity index (χ1n) is 6.66. The molecule has 5 nitrogen and oxygen atoms in total. The van der Waals surface area contributed by atoms with Gasteiger partial charge in [0.15, 0.2) is 0 Å². The molecule has 0 amide bonds. The Morgan fingerprint density at radius 3 is 2.00 bits per heavy atom. The molecule has 18 heavy (non-hydrogen) atoms. The van der Waals surface area contributed by atoms with Crippen LogP contribution in [0.15, 0.2) is 0 Å². The minimum Gasteiger partial charge on any atom is -0.378 e. The summed E-state index contributed by atoms with van der Waals surface area (Å²) in [5.74, 6) is 3.50. The van der Waals surface area contributed by atoms with Crippen LogP contribution >= 0.6 is 0 Å². The van der Waals surface area contributed by atoms with E-state index in [1.807, 2.05) is 0 Å². The van der Waals surface area contributed by atoms with Crippen LogP contribution in [0.3, 0.4) is 0 Å². The van der Waals surface area contributed by atoms with E-state index < -0.39 is 0 Å². The summed E-state index contributed by atoms with van der Waals surface area (Å²) in [5, 5.41) is 18.1. The van der Waals surface area contributed by atoms with Gasteiger partial charge in [-0.1, -0.05) is 13.3 Å². The Balaban J connectivity index is 0.00000137. The SMILES string of the molecule is CCCCOC1CC(C)(C)N(O)C(C)(C)C1.NO. The number of nitrogens with two attached hydrogens (primary N) is 1. The second-order valence-electron chi connectivity index (χ2n) is 6.19. The predicted octanol–water partition coefficient (Wildman–Crippen LogP) is 2.55. The normalized spacial score (nSPS) is 23.3. The van der Waals surface area contributed by atoms with Crippen LogP contribution in [-0.4, -0.2) is 39.3 Å². The van der Waals surface area contributed by atoms with E-state index in [1.54, 1.807) is 0 Å². The lowest BCUT2D eigenvalue weighted by molar-refractivity contribution is -0.261. The molecule has 0 saturated carbocycles. The molecular weight excluding hydrogens is 232 g/mol. The van der Waals surface area contributed by atoms with Gasteiger partial charge in [-0.25, -0.2) is 5.90 Å². The zero-order valence-electron chi connectivity index (χ0n) is 12.4. The number of rotatable bonds is 4. The van der Waals surface area contributed by atoms with Gasteiger partial charge in [-0.15, -0.1) is 0 Å². The van der Waals surface area contributed by atoms with Crippen molar-refractivity contribution in [2.45, 2.75) is 77.5 Å². The molecule has 1 rings (SSSR count). The van der Waals surface area contributed by atoms with E-state index in [-0.39, 0.29) is 17.2 Å². The Labute approximate surface area is 111 Å². The number of hydrogen-bond donors (Lipinski definition) is 3. The van der Waals surface area contributed by atoms with Crippen molar-refractivity contribution in [3.8, 4) is 0 Å². The average molecular weight is 262 g/mol. The van der Waals surface area contributed by atoms with E-state index in [9.17, 15) is 5.21 Å². The first kappa shape index (κ1) is 17.8. The summed E-state index contributed by atoms with van der Waals surface area (Å²) in [6.07, 6.45) is 4.37. The van der Waals surface area contributed by atoms with Crippen LogP contribution < -0.4 is 5.90 Å². The highest BCUT2D eigenvalue weighted by atomic mass is 16.5. The maximum absolute atomic E-state index is 10.1. The van der Waals surface area contributed by atoms with Crippen LogP contribution in [0.1, 0.15) is 60.3 Å². The van der Waals surface area contributed by atoms with Crippen molar-refractivity contribution in [2.75, 3.05) is 6.61 Å². The highest BCUT2D eigenvalue weighted by molar-refractivity contribution is 4.96. The van der Waals surface area contributed by atoms with Gasteiger partial charge in [-0.05, 0) is 47.0 Å². The molecule has 0 radical (unpaired) electrons. The Morgan fingerprint density at radius 1 is 1.17 bits per heavy atom.